The first-order chi connectivity index (χ1) is 14.9. The summed E-state index contributed by atoms with van der Waals surface area (Å²) in [5, 5.41) is 0. The number of rotatable bonds is 3. The van der Waals surface area contributed by atoms with Crippen LogP contribution in [0, 0.1) is 37.0 Å². The molecule has 168 valence electrons. The fraction of sp³-hybridized carbons (Fsp3) is 0.667. The summed E-state index contributed by atoms with van der Waals surface area (Å²) in [6.45, 7) is 16.2. The molecule has 4 nitrogen and oxygen atoms in total. The molecule has 0 N–H and O–H groups in total. The van der Waals surface area contributed by atoms with Gasteiger partial charge in [-0.1, -0.05) is 31.2 Å². The second-order valence-electron chi connectivity index (χ2n) is 10.9. The molecule has 0 bridgehead atoms. The number of aryl methyl sites for hydroxylation is 1. The zero-order valence-electron chi connectivity index (χ0n) is 19.5. The molecule has 0 spiro atoms. The monoisotopic (exact) mass is 422 g/mol. The molecule has 1 aromatic rings. The fourth-order valence-corrected chi connectivity index (χ4v) is 6.99. The molecule has 5 rings (SSSR count). The topological polar surface area (TPSA) is 32.8 Å². The van der Waals surface area contributed by atoms with Crippen molar-refractivity contribution in [2.75, 3.05) is 37.6 Å². The average molecular weight is 423 g/mol. The van der Waals surface area contributed by atoms with E-state index >= 15 is 0 Å². The Hall–Kier alpha value is -1.81. The highest BCUT2D eigenvalue weighted by Crippen LogP contribution is 2.56. The second-order valence-corrected chi connectivity index (χ2v) is 10.9. The standard InChI is InChI=1S/C27H38N2O2/c1-18-7-5-9-24(20(18)3)29-13-11-28(12-14-29)17-22-21-15-23-19(2)8-6-10-27(23,4)16-25(21)31-26(22)30/h5,7,9,21-23,25H,2,6,8,10-17H2,1,3-4H3/t21-,22-,23+,25+,27+/m0/s1. The molecule has 2 heterocycles. The lowest BCUT2D eigenvalue weighted by Crippen LogP contribution is -2.50. The number of hydrogen-bond donors (Lipinski definition) is 0. The molecule has 1 aromatic carbocycles. The largest absolute Gasteiger partial charge is 0.462 e. The number of fused-ring (bicyclic) bond motifs is 2. The van der Waals surface area contributed by atoms with Crippen LogP contribution in [-0.2, 0) is 9.53 Å². The number of esters is 1. The minimum atomic E-state index is 0.0385. The quantitative estimate of drug-likeness (QED) is 0.520. The van der Waals surface area contributed by atoms with Crippen LogP contribution in [0.3, 0.4) is 0 Å². The number of allylic oxidation sites excluding steroid dienone is 1. The Kier molecular flexibility index (Phi) is 5.40. The van der Waals surface area contributed by atoms with Crippen LogP contribution in [0.15, 0.2) is 30.4 Å². The molecule has 2 saturated carbocycles. The van der Waals surface area contributed by atoms with Crippen molar-refractivity contribution < 1.29 is 9.53 Å². The maximum Gasteiger partial charge on any atom is 0.310 e. The molecule has 2 saturated heterocycles. The summed E-state index contributed by atoms with van der Waals surface area (Å²) in [5.74, 6) is 1.04. The van der Waals surface area contributed by atoms with Crippen LogP contribution in [-0.4, -0.2) is 49.7 Å². The first kappa shape index (κ1) is 21.1. The highest BCUT2D eigenvalue weighted by atomic mass is 16.6. The van der Waals surface area contributed by atoms with E-state index in [1.165, 1.54) is 35.2 Å². The maximum absolute atomic E-state index is 12.9. The van der Waals surface area contributed by atoms with Gasteiger partial charge in [0.2, 0.25) is 0 Å². The SMILES string of the molecule is C=C1CCC[C@]2(C)C[C@H]3OC(=O)[C@@H](CN4CCN(c5cccc(C)c5C)CC4)[C@@H]3C[C@H]12. The van der Waals surface area contributed by atoms with Gasteiger partial charge in [0.05, 0.1) is 5.92 Å². The van der Waals surface area contributed by atoms with E-state index in [0.717, 1.165) is 52.0 Å². The van der Waals surface area contributed by atoms with Crippen LogP contribution in [0.2, 0.25) is 0 Å². The van der Waals surface area contributed by atoms with Crippen molar-refractivity contribution in [3.8, 4) is 0 Å². The van der Waals surface area contributed by atoms with Crippen LogP contribution in [0.5, 0.6) is 0 Å². The molecular formula is C27H38N2O2. The third-order valence-corrected chi connectivity index (χ3v) is 9.06. The Morgan fingerprint density at radius 3 is 2.74 bits per heavy atom. The summed E-state index contributed by atoms with van der Waals surface area (Å²) >= 11 is 0. The number of carbonyl (C=O) groups excluding carboxylic acids is 1. The maximum atomic E-state index is 12.9. The van der Waals surface area contributed by atoms with E-state index < -0.39 is 0 Å². The summed E-state index contributed by atoms with van der Waals surface area (Å²) < 4.78 is 5.98. The van der Waals surface area contributed by atoms with Gasteiger partial charge < -0.3 is 9.64 Å². The highest BCUT2D eigenvalue weighted by Gasteiger charge is 2.55. The molecule has 4 heteroatoms. The first-order valence-corrected chi connectivity index (χ1v) is 12.3. The van der Waals surface area contributed by atoms with E-state index in [0.29, 0.717) is 11.8 Å². The Morgan fingerprint density at radius 1 is 1.19 bits per heavy atom. The lowest BCUT2D eigenvalue weighted by Gasteiger charge is -2.50. The van der Waals surface area contributed by atoms with Crippen molar-refractivity contribution >= 4 is 11.7 Å². The van der Waals surface area contributed by atoms with E-state index in [1.807, 2.05) is 0 Å². The first-order valence-electron chi connectivity index (χ1n) is 12.3. The summed E-state index contributed by atoms with van der Waals surface area (Å²) in [6.07, 6.45) is 5.91. The molecule has 0 aromatic heterocycles. The molecule has 0 amide bonds. The number of anilines is 1. The number of hydrogen-bond acceptors (Lipinski definition) is 4. The van der Waals surface area contributed by atoms with E-state index in [4.69, 9.17) is 4.74 Å². The lowest BCUT2D eigenvalue weighted by molar-refractivity contribution is -0.146. The molecular weight excluding hydrogens is 384 g/mol. The Labute approximate surface area is 187 Å². The van der Waals surface area contributed by atoms with E-state index in [-0.39, 0.29) is 23.4 Å². The van der Waals surface area contributed by atoms with Crippen molar-refractivity contribution in [3.63, 3.8) is 0 Å². The Morgan fingerprint density at radius 2 is 1.97 bits per heavy atom. The lowest BCUT2D eigenvalue weighted by atomic mass is 9.55. The van der Waals surface area contributed by atoms with Gasteiger partial charge in [-0.3, -0.25) is 9.69 Å². The predicted molar refractivity (Wildman–Crippen MR) is 125 cm³/mol. The number of carbonyl (C=O) groups is 1. The second kappa shape index (κ2) is 7.95. The summed E-state index contributed by atoms with van der Waals surface area (Å²) in [7, 11) is 0. The molecule has 2 aliphatic carbocycles. The van der Waals surface area contributed by atoms with E-state index in [1.54, 1.807) is 0 Å². The smallest absolute Gasteiger partial charge is 0.310 e. The number of benzene rings is 1. The van der Waals surface area contributed by atoms with Gasteiger partial charge in [-0.25, -0.2) is 0 Å². The highest BCUT2D eigenvalue weighted by molar-refractivity contribution is 5.75. The van der Waals surface area contributed by atoms with Crippen molar-refractivity contribution in [3.05, 3.63) is 41.5 Å². The van der Waals surface area contributed by atoms with Gasteiger partial charge in [-0.15, -0.1) is 0 Å². The summed E-state index contributed by atoms with van der Waals surface area (Å²) in [5.41, 5.74) is 5.81. The number of piperazine rings is 1. The number of nitrogens with zero attached hydrogens (tertiary/aromatic N) is 2. The fourth-order valence-electron chi connectivity index (χ4n) is 6.99. The molecule has 2 aliphatic heterocycles. The molecule has 5 atom stereocenters. The third-order valence-electron chi connectivity index (χ3n) is 9.06. The minimum Gasteiger partial charge on any atom is -0.462 e. The Balaban J connectivity index is 1.23. The average Bonchev–Trinajstić information content (AvgIpc) is 3.03. The van der Waals surface area contributed by atoms with Gasteiger partial charge in [0.25, 0.3) is 0 Å². The van der Waals surface area contributed by atoms with Crippen molar-refractivity contribution in [2.24, 2.45) is 23.2 Å². The van der Waals surface area contributed by atoms with E-state index in [9.17, 15) is 4.79 Å². The Bertz CT molecular complexity index is 872. The minimum absolute atomic E-state index is 0.0385. The summed E-state index contributed by atoms with van der Waals surface area (Å²) in [4.78, 5) is 17.9. The van der Waals surface area contributed by atoms with Crippen LogP contribution >= 0.6 is 0 Å². The number of ether oxygens (including phenoxy) is 1. The van der Waals surface area contributed by atoms with Gasteiger partial charge in [0, 0.05) is 44.3 Å². The van der Waals surface area contributed by atoms with Gasteiger partial charge in [-0.05, 0) is 74.5 Å². The van der Waals surface area contributed by atoms with Crippen molar-refractivity contribution in [1.29, 1.82) is 0 Å². The van der Waals surface area contributed by atoms with Gasteiger partial charge in [0.15, 0.2) is 0 Å². The zero-order chi connectivity index (χ0) is 21.8. The van der Waals surface area contributed by atoms with Gasteiger partial charge >= 0.3 is 5.97 Å². The molecule has 0 radical (unpaired) electrons. The summed E-state index contributed by atoms with van der Waals surface area (Å²) in [6, 6.07) is 6.59. The van der Waals surface area contributed by atoms with Gasteiger partial charge in [-0.2, -0.15) is 0 Å². The normalized spacial score (nSPS) is 36.2. The van der Waals surface area contributed by atoms with Crippen LogP contribution in [0.4, 0.5) is 5.69 Å². The third kappa shape index (κ3) is 3.71. The molecule has 4 fully saturated rings. The van der Waals surface area contributed by atoms with Crippen molar-refractivity contribution in [2.45, 2.75) is 59.0 Å². The van der Waals surface area contributed by atoms with Crippen molar-refractivity contribution in [1.82, 2.24) is 4.90 Å². The molecule has 0 unspecified atom stereocenters. The zero-order valence-corrected chi connectivity index (χ0v) is 19.5. The van der Waals surface area contributed by atoms with Crippen LogP contribution in [0.25, 0.3) is 0 Å². The molecule has 4 aliphatic rings. The van der Waals surface area contributed by atoms with E-state index in [2.05, 4.69) is 55.3 Å². The van der Waals surface area contributed by atoms with Crippen LogP contribution in [0.1, 0.15) is 50.2 Å². The van der Waals surface area contributed by atoms with Crippen LogP contribution < -0.4 is 4.90 Å². The van der Waals surface area contributed by atoms with Gasteiger partial charge in [0.1, 0.15) is 6.10 Å². The molecule has 31 heavy (non-hydrogen) atoms. The predicted octanol–water partition coefficient (Wildman–Crippen LogP) is 4.74.